The highest BCUT2D eigenvalue weighted by atomic mass is 32.2. The second kappa shape index (κ2) is 9.88. The number of aliphatic hydroxyl groups excluding tert-OH is 1. The molecular formula is C17H19N3O5S. The molecule has 0 heterocycles. The normalized spacial score (nSPS) is 13.0. The van der Waals surface area contributed by atoms with Crippen LogP contribution >= 0.6 is 11.9 Å². The number of aliphatic hydroxyl groups is 1. The number of nitro groups is 1. The van der Waals surface area contributed by atoms with Crippen molar-refractivity contribution in [2.24, 2.45) is 0 Å². The Morgan fingerprint density at radius 2 is 1.88 bits per heavy atom. The fourth-order valence-corrected chi connectivity index (χ4v) is 2.75. The summed E-state index contributed by atoms with van der Waals surface area (Å²) in [6.45, 7) is 1.66. The van der Waals surface area contributed by atoms with Gasteiger partial charge in [-0.15, -0.1) is 0 Å². The Balaban J connectivity index is 1.91. The Hall–Kier alpha value is -2.46. The van der Waals surface area contributed by atoms with E-state index >= 15 is 0 Å². The molecule has 0 aromatic heterocycles. The second-order valence-corrected chi connectivity index (χ2v) is 6.25. The van der Waals surface area contributed by atoms with E-state index in [0.717, 1.165) is 17.5 Å². The van der Waals surface area contributed by atoms with Gasteiger partial charge in [-0.1, -0.05) is 42.5 Å². The maximum Gasteiger partial charge on any atom is 0.284 e. The standard InChI is InChI=1S/C17H19N3O5S/c1-12(21)16(18-25-11-13-7-3-2-4-8-13)17(22)19-26-15-10-6-5-9-14(15)20(23)24/h2-10,12,16,18,21H,11H2,1H3,(H,19,22)/t12-,16+/m1/s1. The second-order valence-electron chi connectivity index (χ2n) is 5.40. The van der Waals surface area contributed by atoms with Crippen molar-refractivity contribution >= 4 is 23.5 Å². The summed E-state index contributed by atoms with van der Waals surface area (Å²) in [4.78, 5) is 28.3. The number of amides is 1. The van der Waals surface area contributed by atoms with Gasteiger partial charge < -0.3 is 5.11 Å². The highest BCUT2D eigenvalue weighted by molar-refractivity contribution is 7.98. The Morgan fingerprint density at radius 1 is 1.23 bits per heavy atom. The highest BCUT2D eigenvalue weighted by Gasteiger charge is 2.25. The average molecular weight is 377 g/mol. The van der Waals surface area contributed by atoms with Crippen LogP contribution in [0.1, 0.15) is 12.5 Å². The summed E-state index contributed by atoms with van der Waals surface area (Å²) < 4.78 is 2.50. The summed E-state index contributed by atoms with van der Waals surface area (Å²) in [6.07, 6.45) is -1.03. The lowest BCUT2D eigenvalue weighted by atomic mass is 10.2. The van der Waals surface area contributed by atoms with E-state index in [1.165, 1.54) is 19.1 Å². The molecule has 0 saturated heterocycles. The first-order chi connectivity index (χ1) is 12.5. The van der Waals surface area contributed by atoms with Crippen molar-refractivity contribution in [2.45, 2.75) is 30.6 Å². The van der Waals surface area contributed by atoms with Gasteiger partial charge in [-0.2, -0.15) is 5.48 Å². The monoisotopic (exact) mass is 377 g/mol. The summed E-state index contributed by atoms with van der Waals surface area (Å²) >= 11 is 0.811. The minimum Gasteiger partial charge on any atom is -0.391 e. The van der Waals surface area contributed by atoms with E-state index in [0.29, 0.717) is 4.90 Å². The highest BCUT2D eigenvalue weighted by Crippen LogP contribution is 2.26. The Bertz CT molecular complexity index is 742. The van der Waals surface area contributed by atoms with Crippen LogP contribution in [0.2, 0.25) is 0 Å². The first kappa shape index (κ1) is 19.9. The molecule has 138 valence electrons. The van der Waals surface area contributed by atoms with E-state index in [1.54, 1.807) is 12.1 Å². The quantitative estimate of drug-likeness (QED) is 0.349. The fraction of sp³-hybridized carbons (Fsp3) is 0.235. The third kappa shape index (κ3) is 5.81. The Morgan fingerprint density at radius 3 is 2.54 bits per heavy atom. The molecular weight excluding hydrogens is 358 g/mol. The van der Waals surface area contributed by atoms with Crippen molar-refractivity contribution in [3.63, 3.8) is 0 Å². The number of hydrogen-bond acceptors (Lipinski definition) is 7. The third-order valence-corrected chi connectivity index (χ3v) is 4.25. The van der Waals surface area contributed by atoms with Crippen molar-refractivity contribution < 1.29 is 19.7 Å². The Labute approximate surface area is 154 Å². The predicted molar refractivity (Wildman–Crippen MR) is 96.9 cm³/mol. The topological polar surface area (TPSA) is 114 Å². The number of carbonyl (C=O) groups excluding carboxylic acids is 1. The number of hydrogen-bond donors (Lipinski definition) is 3. The molecule has 0 aliphatic rings. The maximum atomic E-state index is 12.3. The largest absolute Gasteiger partial charge is 0.391 e. The van der Waals surface area contributed by atoms with Crippen molar-refractivity contribution in [3.05, 3.63) is 70.3 Å². The van der Waals surface area contributed by atoms with Crippen LogP contribution in [0.25, 0.3) is 0 Å². The summed E-state index contributed by atoms with van der Waals surface area (Å²) in [5.74, 6) is -0.559. The predicted octanol–water partition coefficient (Wildman–Crippen LogP) is 2.19. The number of hydroxylamine groups is 1. The minimum absolute atomic E-state index is 0.111. The van der Waals surface area contributed by atoms with Crippen LogP contribution in [0.3, 0.4) is 0 Å². The molecule has 26 heavy (non-hydrogen) atoms. The van der Waals surface area contributed by atoms with Crippen molar-refractivity contribution in [3.8, 4) is 0 Å². The lowest BCUT2D eigenvalue weighted by Crippen LogP contribution is -2.48. The zero-order valence-electron chi connectivity index (χ0n) is 14.0. The van der Waals surface area contributed by atoms with Crippen molar-refractivity contribution in [2.75, 3.05) is 0 Å². The number of nitrogens with zero attached hydrogens (tertiary/aromatic N) is 1. The van der Waals surface area contributed by atoms with Gasteiger partial charge in [0.2, 0.25) is 0 Å². The van der Waals surface area contributed by atoms with Gasteiger partial charge >= 0.3 is 0 Å². The van der Waals surface area contributed by atoms with E-state index < -0.39 is 23.0 Å². The van der Waals surface area contributed by atoms with Gasteiger partial charge in [0, 0.05) is 6.07 Å². The molecule has 8 nitrogen and oxygen atoms in total. The zero-order chi connectivity index (χ0) is 18.9. The van der Waals surface area contributed by atoms with Crippen LogP contribution in [0.5, 0.6) is 0 Å². The zero-order valence-corrected chi connectivity index (χ0v) is 14.8. The lowest BCUT2D eigenvalue weighted by Gasteiger charge is -2.20. The summed E-state index contributed by atoms with van der Waals surface area (Å²) in [6, 6.07) is 14.4. The molecule has 0 bridgehead atoms. The molecule has 2 atom stereocenters. The van der Waals surface area contributed by atoms with Crippen LogP contribution in [0, 0.1) is 10.1 Å². The Kier molecular flexibility index (Phi) is 7.54. The number of nitrogens with one attached hydrogen (secondary N) is 2. The first-order valence-electron chi connectivity index (χ1n) is 7.78. The number of para-hydroxylation sites is 1. The molecule has 2 aromatic rings. The molecule has 3 N–H and O–H groups in total. The molecule has 0 unspecified atom stereocenters. The number of benzene rings is 2. The number of nitro benzene ring substituents is 1. The molecule has 1 amide bonds. The molecule has 9 heteroatoms. The van der Waals surface area contributed by atoms with Crippen LogP contribution in [-0.4, -0.2) is 28.1 Å². The van der Waals surface area contributed by atoms with E-state index in [4.69, 9.17) is 4.84 Å². The minimum atomic E-state index is -1.03. The van der Waals surface area contributed by atoms with Gasteiger partial charge in [0.15, 0.2) is 0 Å². The average Bonchev–Trinajstić information content (AvgIpc) is 2.64. The smallest absolute Gasteiger partial charge is 0.284 e. The van der Waals surface area contributed by atoms with Gasteiger partial charge in [0.05, 0.1) is 17.6 Å². The number of carbonyl (C=O) groups is 1. The first-order valence-corrected chi connectivity index (χ1v) is 8.60. The van der Waals surface area contributed by atoms with Gasteiger partial charge in [-0.25, -0.2) is 0 Å². The van der Waals surface area contributed by atoms with Crippen molar-refractivity contribution in [1.29, 1.82) is 0 Å². The van der Waals surface area contributed by atoms with Crippen LogP contribution in [0.15, 0.2) is 59.5 Å². The molecule has 2 rings (SSSR count). The van der Waals surface area contributed by atoms with E-state index in [9.17, 15) is 20.0 Å². The lowest BCUT2D eigenvalue weighted by molar-refractivity contribution is -0.387. The van der Waals surface area contributed by atoms with E-state index in [2.05, 4.69) is 10.2 Å². The molecule has 0 spiro atoms. The molecule has 0 aliphatic heterocycles. The summed E-state index contributed by atoms with van der Waals surface area (Å²) in [5.41, 5.74) is 3.32. The van der Waals surface area contributed by atoms with Gasteiger partial charge in [0.1, 0.15) is 10.9 Å². The summed E-state index contributed by atoms with van der Waals surface area (Å²) in [5, 5.41) is 20.8. The third-order valence-electron chi connectivity index (χ3n) is 3.38. The molecule has 0 saturated carbocycles. The SMILES string of the molecule is C[C@@H](O)[C@H](NOCc1ccccc1)C(=O)NSc1ccccc1[N+](=O)[O-]. The van der Waals surface area contributed by atoms with Crippen molar-refractivity contribution in [1.82, 2.24) is 10.2 Å². The molecule has 2 aromatic carbocycles. The van der Waals surface area contributed by atoms with Crippen LogP contribution in [-0.2, 0) is 16.2 Å². The van der Waals surface area contributed by atoms with E-state index in [1.807, 2.05) is 30.3 Å². The number of rotatable bonds is 9. The van der Waals surface area contributed by atoms with Crippen LogP contribution < -0.4 is 10.2 Å². The van der Waals surface area contributed by atoms with Crippen LogP contribution in [0.4, 0.5) is 5.69 Å². The summed E-state index contributed by atoms with van der Waals surface area (Å²) in [7, 11) is 0. The molecule has 0 fully saturated rings. The molecule has 0 radical (unpaired) electrons. The van der Waals surface area contributed by atoms with Gasteiger partial charge in [-0.3, -0.25) is 24.5 Å². The van der Waals surface area contributed by atoms with E-state index in [-0.39, 0.29) is 12.3 Å². The van der Waals surface area contributed by atoms with Gasteiger partial charge in [-0.05, 0) is 30.5 Å². The fourth-order valence-electron chi connectivity index (χ4n) is 2.02. The van der Waals surface area contributed by atoms with Gasteiger partial charge in [0.25, 0.3) is 11.6 Å². The molecule has 0 aliphatic carbocycles. The maximum absolute atomic E-state index is 12.3.